The van der Waals surface area contributed by atoms with Crippen molar-refractivity contribution in [2.75, 3.05) is 6.54 Å². The molecule has 2 N–H and O–H groups in total. The van der Waals surface area contributed by atoms with Crippen LogP contribution in [-0.2, 0) is 4.79 Å². The highest BCUT2D eigenvalue weighted by Crippen LogP contribution is 2.22. The van der Waals surface area contributed by atoms with Gasteiger partial charge in [0.15, 0.2) is 0 Å². The summed E-state index contributed by atoms with van der Waals surface area (Å²) in [6, 6.07) is 4.12. The fourth-order valence-electron chi connectivity index (χ4n) is 1.40. The Morgan fingerprint density at radius 2 is 2.11 bits per heavy atom. The minimum absolute atomic E-state index is 0.0133. The van der Waals surface area contributed by atoms with Gasteiger partial charge in [-0.3, -0.25) is 9.59 Å². The van der Waals surface area contributed by atoms with Gasteiger partial charge < -0.3 is 10.4 Å². The lowest BCUT2D eigenvalue weighted by Crippen LogP contribution is -2.40. The summed E-state index contributed by atoms with van der Waals surface area (Å²) in [6.45, 7) is 3.27. The number of nitrogens with one attached hydrogen (secondary N) is 1. The predicted molar refractivity (Wildman–Crippen MR) is 72.5 cm³/mol. The van der Waals surface area contributed by atoms with E-state index in [2.05, 4.69) is 21.2 Å². The van der Waals surface area contributed by atoms with E-state index in [1.807, 2.05) is 0 Å². The van der Waals surface area contributed by atoms with Gasteiger partial charge in [-0.2, -0.15) is 0 Å². The van der Waals surface area contributed by atoms with E-state index >= 15 is 0 Å². The lowest BCUT2D eigenvalue weighted by Gasteiger charge is -2.23. The van der Waals surface area contributed by atoms with Gasteiger partial charge in [0.05, 0.1) is 15.5 Å². The number of aliphatic carboxylic acids is 1. The second-order valence-electron chi connectivity index (χ2n) is 4.50. The molecule has 0 heterocycles. The zero-order chi connectivity index (χ0) is 14.6. The highest BCUT2D eigenvalue weighted by molar-refractivity contribution is 9.10. The summed E-state index contributed by atoms with van der Waals surface area (Å²) in [4.78, 5) is 23.0. The molecule has 0 aliphatic heterocycles. The van der Waals surface area contributed by atoms with Crippen LogP contribution in [0.2, 0.25) is 0 Å². The molecule has 1 atom stereocenters. The number of carbonyl (C=O) groups is 2. The van der Waals surface area contributed by atoms with Crippen LogP contribution in [0.1, 0.15) is 30.6 Å². The van der Waals surface area contributed by atoms with Crippen molar-refractivity contribution in [1.82, 2.24) is 5.32 Å². The molecule has 0 bridgehead atoms. The highest BCUT2D eigenvalue weighted by atomic mass is 79.9. The molecular formula is C13H15BrFNO3. The van der Waals surface area contributed by atoms with Crippen LogP contribution in [0.4, 0.5) is 4.39 Å². The first-order chi connectivity index (χ1) is 8.81. The van der Waals surface area contributed by atoms with Crippen LogP contribution < -0.4 is 5.32 Å². The summed E-state index contributed by atoms with van der Waals surface area (Å²) in [7, 11) is 0. The minimum Gasteiger partial charge on any atom is -0.481 e. The van der Waals surface area contributed by atoms with Gasteiger partial charge in [0, 0.05) is 6.54 Å². The van der Waals surface area contributed by atoms with Crippen LogP contribution in [0.25, 0.3) is 0 Å². The van der Waals surface area contributed by atoms with E-state index in [1.54, 1.807) is 13.8 Å². The number of rotatable bonds is 5. The molecular weight excluding hydrogens is 317 g/mol. The van der Waals surface area contributed by atoms with Gasteiger partial charge in [-0.1, -0.05) is 13.0 Å². The molecule has 6 heteroatoms. The Morgan fingerprint density at radius 1 is 1.47 bits per heavy atom. The van der Waals surface area contributed by atoms with Crippen molar-refractivity contribution in [3.63, 3.8) is 0 Å². The van der Waals surface area contributed by atoms with Gasteiger partial charge in [-0.25, -0.2) is 4.39 Å². The molecule has 0 radical (unpaired) electrons. The molecule has 19 heavy (non-hydrogen) atoms. The van der Waals surface area contributed by atoms with Crippen LogP contribution in [0, 0.1) is 11.2 Å². The Bertz CT molecular complexity index is 507. The first kappa shape index (κ1) is 15.6. The molecule has 1 amide bonds. The Hall–Kier alpha value is -1.43. The fourth-order valence-corrected chi connectivity index (χ4v) is 1.85. The van der Waals surface area contributed by atoms with Crippen LogP contribution in [0.3, 0.4) is 0 Å². The van der Waals surface area contributed by atoms with Crippen molar-refractivity contribution < 1.29 is 19.1 Å². The minimum atomic E-state index is -1.03. The molecule has 0 aliphatic rings. The number of carboxylic acids is 1. The van der Waals surface area contributed by atoms with Crippen LogP contribution in [-0.4, -0.2) is 23.5 Å². The van der Waals surface area contributed by atoms with E-state index in [0.717, 1.165) is 0 Å². The Labute approximate surface area is 119 Å². The van der Waals surface area contributed by atoms with Crippen LogP contribution in [0.15, 0.2) is 22.7 Å². The largest absolute Gasteiger partial charge is 0.481 e. The molecule has 1 aromatic rings. The summed E-state index contributed by atoms with van der Waals surface area (Å²) in [6.07, 6.45) is 0.382. The Morgan fingerprint density at radius 3 is 2.63 bits per heavy atom. The first-order valence-corrected chi connectivity index (χ1v) is 6.56. The molecule has 104 valence electrons. The molecule has 0 spiro atoms. The number of amides is 1. The van der Waals surface area contributed by atoms with Gasteiger partial charge >= 0.3 is 5.97 Å². The lowest BCUT2D eigenvalue weighted by molar-refractivity contribution is -0.147. The summed E-state index contributed by atoms with van der Waals surface area (Å²) in [5.74, 6) is -2.02. The summed E-state index contributed by atoms with van der Waals surface area (Å²) < 4.78 is 13.4. The maximum Gasteiger partial charge on any atom is 0.311 e. The zero-order valence-electron chi connectivity index (χ0n) is 10.7. The number of halogens is 2. The molecule has 0 saturated carbocycles. The summed E-state index contributed by atoms with van der Waals surface area (Å²) >= 11 is 3.00. The van der Waals surface area contributed by atoms with Crippen LogP contribution >= 0.6 is 15.9 Å². The second kappa shape index (κ2) is 6.14. The maximum absolute atomic E-state index is 13.3. The number of hydrogen-bond acceptors (Lipinski definition) is 2. The summed E-state index contributed by atoms with van der Waals surface area (Å²) in [5.41, 5.74) is -0.890. The van der Waals surface area contributed by atoms with E-state index in [9.17, 15) is 14.0 Å². The molecule has 4 nitrogen and oxygen atoms in total. The van der Waals surface area contributed by atoms with E-state index in [1.165, 1.54) is 18.2 Å². The zero-order valence-corrected chi connectivity index (χ0v) is 12.3. The van der Waals surface area contributed by atoms with Gasteiger partial charge in [0.2, 0.25) is 0 Å². The van der Waals surface area contributed by atoms with E-state index in [-0.39, 0.29) is 16.6 Å². The van der Waals surface area contributed by atoms with Crippen LogP contribution in [0.5, 0.6) is 0 Å². The number of hydrogen-bond donors (Lipinski definition) is 2. The molecule has 1 aromatic carbocycles. The molecule has 1 rings (SSSR count). The number of carboxylic acid groups (broad SMARTS) is 1. The lowest BCUT2D eigenvalue weighted by atomic mass is 9.87. The normalized spacial score (nSPS) is 13.7. The average molecular weight is 332 g/mol. The smallest absolute Gasteiger partial charge is 0.311 e. The number of carbonyl (C=O) groups excluding carboxylic acids is 1. The third-order valence-electron chi connectivity index (χ3n) is 3.13. The van der Waals surface area contributed by atoms with E-state index in [4.69, 9.17) is 5.11 Å². The van der Waals surface area contributed by atoms with Gasteiger partial charge in [0.1, 0.15) is 5.82 Å². The van der Waals surface area contributed by atoms with Crippen molar-refractivity contribution in [1.29, 1.82) is 0 Å². The topological polar surface area (TPSA) is 66.4 Å². The molecule has 1 unspecified atom stereocenters. The van der Waals surface area contributed by atoms with Crippen molar-refractivity contribution in [2.24, 2.45) is 5.41 Å². The standard InChI is InChI=1S/C13H15BrFNO3/c1-3-13(2,12(18)19)7-16-11(17)8-5-4-6-9(15)10(8)14/h4-6H,3,7H2,1-2H3,(H,16,17)(H,18,19). The number of benzene rings is 1. The fraction of sp³-hybridized carbons (Fsp3) is 0.385. The average Bonchev–Trinajstić information content (AvgIpc) is 2.38. The third-order valence-corrected chi connectivity index (χ3v) is 3.94. The molecule has 0 aliphatic carbocycles. The van der Waals surface area contributed by atoms with E-state index in [0.29, 0.717) is 6.42 Å². The van der Waals surface area contributed by atoms with Crippen molar-refractivity contribution in [3.8, 4) is 0 Å². The molecule has 0 saturated heterocycles. The van der Waals surface area contributed by atoms with Crippen molar-refractivity contribution in [2.45, 2.75) is 20.3 Å². The van der Waals surface area contributed by atoms with Gasteiger partial charge in [-0.05, 0) is 41.4 Å². The second-order valence-corrected chi connectivity index (χ2v) is 5.30. The predicted octanol–water partition coefficient (Wildman–Crippen LogP) is 2.82. The molecule has 0 aromatic heterocycles. The quantitative estimate of drug-likeness (QED) is 0.871. The third kappa shape index (κ3) is 3.53. The first-order valence-electron chi connectivity index (χ1n) is 5.77. The van der Waals surface area contributed by atoms with Crippen molar-refractivity contribution in [3.05, 3.63) is 34.1 Å². The van der Waals surface area contributed by atoms with Gasteiger partial charge in [0.25, 0.3) is 5.91 Å². The van der Waals surface area contributed by atoms with Gasteiger partial charge in [-0.15, -0.1) is 0 Å². The van der Waals surface area contributed by atoms with Crippen molar-refractivity contribution >= 4 is 27.8 Å². The Balaban J connectivity index is 2.81. The SMILES string of the molecule is CCC(C)(CNC(=O)c1cccc(F)c1Br)C(=O)O. The monoisotopic (exact) mass is 331 g/mol. The Kier molecular flexibility index (Phi) is 5.05. The maximum atomic E-state index is 13.3. The highest BCUT2D eigenvalue weighted by Gasteiger charge is 2.31. The van der Waals surface area contributed by atoms with E-state index < -0.39 is 23.1 Å². The molecule has 0 fully saturated rings. The summed E-state index contributed by atoms with van der Waals surface area (Å²) in [5, 5.41) is 11.6.